The molecular weight excluding hydrogens is 322 g/mol. The molecular formula is C18H37NO2SSi. The highest BCUT2D eigenvalue weighted by atomic mass is 32.2. The molecule has 0 spiro atoms. The van der Waals surface area contributed by atoms with Crippen molar-refractivity contribution >= 4 is 25.9 Å². The molecule has 1 saturated carbocycles. The summed E-state index contributed by atoms with van der Waals surface area (Å²) >= 11 is -1.12. The maximum absolute atomic E-state index is 12.0. The van der Waals surface area contributed by atoms with E-state index in [1.807, 2.05) is 27.0 Å². The van der Waals surface area contributed by atoms with Crippen LogP contribution in [0.3, 0.4) is 0 Å². The Bertz CT molecular complexity index is 391. The summed E-state index contributed by atoms with van der Waals surface area (Å²) in [5.41, 5.74) is 0. The Morgan fingerprint density at radius 1 is 1.09 bits per heavy atom. The second-order valence-corrected chi connectivity index (χ2v) is 16.2. The Morgan fingerprint density at radius 2 is 1.61 bits per heavy atom. The summed E-state index contributed by atoms with van der Waals surface area (Å²) in [5.74, 6) is 1.17. The molecule has 1 aliphatic rings. The summed E-state index contributed by atoms with van der Waals surface area (Å²) < 4.78 is 22.4. The van der Waals surface area contributed by atoms with E-state index < -0.39 is 19.7 Å². The van der Waals surface area contributed by atoms with Gasteiger partial charge in [0, 0.05) is 6.61 Å². The molecule has 0 aromatic heterocycles. The monoisotopic (exact) mass is 359 g/mol. The van der Waals surface area contributed by atoms with Crippen molar-refractivity contribution in [2.75, 3.05) is 6.61 Å². The number of nitrogens with zero attached hydrogens (tertiary/aromatic N) is 1. The fourth-order valence-corrected chi connectivity index (χ4v) is 4.03. The molecule has 0 aliphatic heterocycles. The first-order valence-electron chi connectivity index (χ1n) is 8.93. The van der Waals surface area contributed by atoms with Crippen LogP contribution in [0.2, 0.25) is 18.1 Å². The van der Waals surface area contributed by atoms with Gasteiger partial charge in [0.25, 0.3) is 0 Å². The van der Waals surface area contributed by atoms with Crippen molar-refractivity contribution in [2.45, 2.75) is 90.1 Å². The van der Waals surface area contributed by atoms with Crippen molar-refractivity contribution in [3.8, 4) is 0 Å². The molecule has 1 unspecified atom stereocenters. The van der Waals surface area contributed by atoms with Crippen LogP contribution in [0, 0.1) is 11.8 Å². The fraction of sp³-hybridized carbons (Fsp3) is 0.944. The Balaban J connectivity index is 2.38. The third-order valence-corrected chi connectivity index (χ3v) is 11.1. The average Bonchev–Trinajstić information content (AvgIpc) is 2.41. The van der Waals surface area contributed by atoms with Gasteiger partial charge in [0.2, 0.25) is 0 Å². The largest absolute Gasteiger partial charge is 0.591 e. The Kier molecular flexibility index (Phi) is 7.40. The van der Waals surface area contributed by atoms with Crippen LogP contribution in [-0.4, -0.2) is 30.4 Å². The highest BCUT2D eigenvalue weighted by molar-refractivity contribution is 7.91. The van der Waals surface area contributed by atoms with Crippen molar-refractivity contribution in [1.82, 2.24) is 0 Å². The molecule has 0 aromatic rings. The van der Waals surface area contributed by atoms with Crippen molar-refractivity contribution in [2.24, 2.45) is 16.2 Å². The Hall–Kier alpha value is 0.157. The third kappa shape index (κ3) is 6.89. The third-order valence-electron chi connectivity index (χ3n) is 5.27. The first kappa shape index (κ1) is 21.2. The molecule has 0 amide bonds. The quantitative estimate of drug-likeness (QED) is 0.377. The molecule has 0 saturated heterocycles. The minimum atomic E-state index is -1.62. The van der Waals surface area contributed by atoms with Crippen LogP contribution in [0.15, 0.2) is 4.40 Å². The average molecular weight is 360 g/mol. The smallest absolute Gasteiger partial charge is 0.191 e. The second kappa shape index (κ2) is 8.02. The van der Waals surface area contributed by atoms with Crippen molar-refractivity contribution in [3.63, 3.8) is 0 Å². The maximum atomic E-state index is 12.0. The Morgan fingerprint density at radius 3 is 2.04 bits per heavy atom. The maximum Gasteiger partial charge on any atom is 0.191 e. The molecule has 0 bridgehead atoms. The highest BCUT2D eigenvalue weighted by Gasteiger charge is 2.37. The second-order valence-electron chi connectivity index (χ2n) is 9.47. The molecule has 1 fully saturated rings. The lowest BCUT2D eigenvalue weighted by molar-refractivity contribution is 0.185. The van der Waals surface area contributed by atoms with E-state index in [1.54, 1.807) is 0 Å². The van der Waals surface area contributed by atoms with Gasteiger partial charge in [-0.25, -0.2) is 0 Å². The molecule has 0 heterocycles. The zero-order valence-corrected chi connectivity index (χ0v) is 18.3. The topological polar surface area (TPSA) is 44.7 Å². The van der Waals surface area contributed by atoms with E-state index in [1.165, 1.54) is 12.8 Å². The molecule has 1 rings (SSSR count). The van der Waals surface area contributed by atoms with Gasteiger partial charge in [0.15, 0.2) is 8.32 Å². The minimum Gasteiger partial charge on any atom is -0.591 e. The molecule has 0 aromatic carbocycles. The van der Waals surface area contributed by atoms with E-state index in [9.17, 15) is 4.55 Å². The number of hydrogen-bond donors (Lipinski definition) is 0. The van der Waals surface area contributed by atoms with E-state index in [0.717, 1.165) is 19.4 Å². The van der Waals surface area contributed by atoms with Crippen LogP contribution < -0.4 is 0 Å². The van der Waals surface area contributed by atoms with Gasteiger partial charge in [0.05, 0.1) is 6.21 Å². The zero-order valence-electron chi connectivity index (χ0n) is 16.4. The summed E-state index contributed by atoms with van der Waals surface area (Å²) in [7, 11) is -1.62. The van der Waals surface area contributed by atoms with E-state index in [4.69, 9.17) is 4.43 Å². The van der Waals surface area contributed by atoms with Gasteiger partial charge in [-0.1, -0.05) is 25.2 Å². The molecule has 1 aliphatic carbocycles. The molecule has 0 radical (unpaired) electrons. The summed E-state index contributed by atoms with van der Waals surface area (Å²) in [6, 6.07) is 0. The van der Waals surface area contributed by atoms with Crippen LogP contribution in [0.4, 0.5) is 0 Å². The lowest BCUT2D eigenvalue weighted by Gasteiger charge is -2.38. The van der Waals surface area contributed by atoms with E-state index >= 15 is 0 Å². The van der Waals surface area contributed by atoms with Crippen molar-refractivity contribution < 1.29 is 8.98 Å². The van der Waals surface area contributed by atoms with Crippen LogP contribution >= 0.6 is 0 Å². The van der Waals surface area contributed by atoms with Gasteiger partial charge in [-0.15, -0.1) is 0 Å². The molecule has 136 valence electrons. The predicted molar refractivity (Wildman–Crippen MR) is 105 cm³/mol. The molecule has 3 nitrogen and oxygen atoms in total. The van der Waals surface area contributed by atoms with E-state index in [-0.39, 0.29) is 9.79 Å². The number of hydrogen-bond acceptors (Lipinski definition) is 3. The first-order valence-corrected chi connectivity index (χ1v) is 12.9. The summed E-state index contributed by atoms with van der Waals surface area (Å²) in [6.45, 7) is 18.3. The predicted octanol–water partition coefficient (Wildman–Crippen LogP) is 5.35. The van der Waals surface area contributed by atoms with Crippen LogP contribution in [0.1, 0.15) is 67.2 Å². The zero-order chi connectivity index (χ0) is 17.9. The summed E-state index contributed by atoms with van der Waals surface area (Å²) in [4.78, 5) is 0. The lowest BCUT2D eigenvalue weighted by Crippen LogP contribution is -2.42. The van der Waals surface area contributed by atoms with Crippen LogP contribution in [-0.2, 0) is 15.8 Å². The highest BCUT2D eigenvalue weighted by Crippen LogP contribution is 2.38. The lowest BCUT2D eigenvalue weighted by atomic mass is 9.83. The fourth-order valence-electron chi connectivity index (χ4n) is 2.35. The van der Waals surface area contributed by atoms with Gasteiger partial charge in [0.1, 0.15) is 16.1 Å². The van der Waals surface area contributed by atoms with E-state index in [2.05, 4.69) is 38.3 Å². The normalized spacial score (nSPS) is 25.8. The summed E-state index contributed by atoms with van der Waals surface area (Å²) in [5, 5.41) is 0.286. The summed E-state index contributed by atoms with van der Waals surface area (Å²) in [6.07, 6.45) is 6.65. The molecule has 1 atom stereocenters. The van der Waals surface area contributed by atoms with E-state index in [0.29, 0.717) is 11.8 Å². The SMILES string of the molecule is CC(C)(C)[S+]([O-])N=CC1CCC(CO[Si](C)(C)C(C)(C)C)CC1. The standard InChI is InChI=1S/C18H37NO2SSi/c1-17(2,3)22(20)19-13-15-9-11-16(12-10-15)14-21-23(7,8)18(4,5)6/h13,15-16H,9-12,14H2,1-8H3. The van der Waals surface area contributed by atoms with Gasteiger partial charge >= 0.3 is 0 Å². The van der Waals surface area contributed by atoms with Crippen LogP contribution in [0.5, 0.6) is 0 Å². The van der Waals surface area contributed by atoms with Crippen LogP contribution in [0.25, 0.3) is 0 Å². The molecule has 5 heteroatoms. The number of rotatable bonds is 5. The van der Waals surface area contributed by atoms with Gasteiger partial charge in [-0.3, -0.25) is 0 Å². The molecule has 0 N–H and O–H groups in total. The van der Waals surface area contributed by atoms with Gasteiger partial charge in [-0.05, 0) is 76.4 Å². The van der Waals surface area contributed by atoms with Gasteiger partial charge < -0.3 is 8.98 Å². The Labute approximate surface area is 148 Å². The van der Waals surface area contributed by atoms with Crippen molar-refractivity contribution in [1.29, 1.82) is 0 Å². The van der Waals surface area contributed by atoms with Crippen molar-refractivity contribution in [3.05, 3.63) is 0 Å². The molecule has 23 heavy (non-hydrogen) atoms. The van der Waals surface area contributed by atoms with Gasteiger partial charge in [-0.2, -0.15) is 0 Å². The minimum absolute atomic E-state index is 0.259. The first-order chi connectivity index (χ1) is 10.3.